The minimum atomic E-state index is -1.70. The van der Waals surface area contributed by atoms with Crippen molar-refractivity contribution in [2.24, 2.45) is 40.2 Å². The molecule has 3 aliphatic carbocycles. The summed E-state index contributed by atoms with van der Waals surface area (Å²) in [5.41, 5.74) is 25.7. The maximum atomic E-state index is 13.6. The lowest BCUT2D eigenvalue weighted by molar-refractivity contribution is -0.199. The van der Waals surface area contributed by atoms with E-state index >= 15 is 0 Å². The first kappa shape index (κ1) is 48.0. The summed E-state index contributed by atoms with van der Waals surface area (Å²) in [6.45, 7) is 10.3. The molecule has 2 heterocycles. The van der Waals surface area contributed by atoms with Crippen LogP contribution < -0.4 is 49.5 Å². The minimum Gasteiger partial charge on any atom is -0.403 e. The van der Waals surface area contributed by atoms with Crippen LogP contribution in [0.5, 0.6) is 0 Å². The molecular formula is C41H65BN10O8S. The number of carbonyl (C=O) groups excluding carboxylic acids is 5. The molecule has 4 fully saturated rings. The first-order valence-electron chi connectivity index (χ1n) is 21.4. The lowest BCUT2D eigenvalue weighted by Crippen LogP contribution is -2.65. The molecular weight excluding hydrogens is 803 g/mol. The number of thiazole rings is 1. The number of amides is 5. The van der Waals surface area contributed by atoms with Crippen molar-refractivity contribution in [3.05, 3.63) is 40.9 Å². The first-order chi connectivity index (χ1) is 28.9. The highest BCUT2D eigenvalue weighted by Crippen LogP contribution is 2.65. The number of nitrogens with one attached hydrogen (secondary N) is 5. The molecule has 4 aliphatic rings. The zero-order chi connectivity index (χ0) is 44.6. The Morgan fingerprint density at radius 3 is 2.21 bits per heavy atom. The van der Waals surface area contributed by atoms with E-state index in [1.165, 1.54) is 23.8 Å². The van der Waals surface area contributed by atoms with Crippen molar-refractivity contribution in [3.8, 4) is 10.6 Å². The number of aryl methyl sites for hydroxylation is 1. The van der Waals surface area contributed by atoms with E-state index in [9.17, 15) is 29.1 Å². The van der Waals surface area contributed by atoms with Crippen LogP contribution in [0.25, 0.3) is 10.6 Å². The van der Waals surface area contributed by atoms with Crippen LogP contribution >= 0.6 is 11.3 Å². The van der Waals surface area contributed by atoms with E-state index in [1.54, 1.807) is 5.38 Å². The smallest absolute Gasteiger partial charge is 0.403 e. The number of benzene rings is 1. The van der Waals surface area contributed by atoms with Crippen LogP contribution in [0.4, 0.5) is 0 Å². The van der Waals surface area contributed by atoms with E-state index in [-0.39, 0.29) is 36.6 Å². The number of nitrogens with zero attached hydrogens (tertiary/aromatic N) is 1. The Bertz CT molecular complexity index is 1850. The maximum Gasteiger partial charge on any atom is 0.497 e. The number of aliphatic hydroxyl groups excluding tert-OH is 1. The second kappa shape index (κ2) is 20.9. The largest absolute Gasteiger partial charge is 0.497 e. The molecule has 0 spiro atoms. The Labute approximate surface area is 362 Å². The van der Waals surface area contributed by atoms with Crippen molar-refractivity contribution in [2.45, 2.75) is 141 Å². The summed E-state index contributed by atoms with van der Waals surface area (Å²) in [4.78, 5) is 71.4. The standard InChI is InChI=1S/C41H65BN10O8S/c1-6-7-10-23-12-14-24(15-13-23)38-49-28(21-61-38)35(56)47-27(16-18-44)33(54)50-31(22(2)53)36(57)51-32(45)37(58)48-26(11-8-9-17-43)34(55)52-39(46)42-59-30-20-25-19-29(40(25,3)4)41(30,5)60-42/h12-15,21-22,25-27,29-32,39,53H,6-11,16-20,43-46H2,1-5H3,(H,47,56)(H,48,58)(H,50,54)(H,51,57)(H,52,55)/t22-,25+,26+,27+,29+,30-,31+,32-,39-,41+/m1/s1. The summed E-state index contributed by atoms with van der Waals surface area (Å²) in [6.07, 6.45) is 2.98. The van der Waals surface area contributed by atoms with Gasteiger partial charge in [-0.2, -0.15) is 0 Å². The normalized spacial score (nSPS) is 24.2. The summed E-state index contributed by atoms with van der Waals surface area (Å²) >= 11 is 1.28. The molecule has 2 bridgehead atoms. The van der Waals surface area contributed by atoms with E-state index < -0.39 is 78.7 Å². The molecule has 10 atom stereocenters. The van der Waals surface area contributed by atoms with Gasteiger partial charge in [0.15, 0.2) is 6.17 Å². The van der Waals surface area contributed by atoms with Crippen LogP contribution in [0, 0.1) is 17.3 Å². The third-order valence-corrected chi connectivity index (χ3v) is 13.5. The van der Waals surface area contributed by atoms with Gasteiger partial charge in [-0.25, -0.2) is 4.98 Å². The van der Waals surface area contributed by atoms with Crippen molar-refractivity contribution in [3.63, 3.8) is 0 Å². The van der Waals surface area contributed by atoms with Crippen molar-refractivity contribution >= 4 is 48.0 Å². The van der Waals surface area contributed by atoms with Gasteiger partial charge in [0.25, 0.3) is 11.8 Å². The molecule has 1 aromatic heterocycles. The Kier molecular flexibility index (Phi) is 16.5. The van der Waals surface area contributed by atoms with Gasteiger partial charge < -0.3 is 63.9 Å². The fraction of sp³-hybridized carbons (Fsp3) is 0.659. The van der Waals surface area contributed by atoms with Crippen molar-refractivity contribution in [2.75, 3.05) is 13.1 Å². The molecule has 1 aromatic carbocycles. The van der Waals surface area contributed by atoms with Crippen LogP contribution in [0.15, 0.2) is 29.6 Å². The molecule has 0 radical (unpaired) electrons. The Morgan fingerprint density at radius 1 is 0.885 bits per heavy atom. The van der Waals surface area contributed by atoms with Gasteiger partial charge in [-0.05, 0) is 101 Å². The van der Waals surface area contributed by atoms with Gasteiger partial charge in [0.1, 0.15) is 34.9 Å². The highest BCUT2D eigenvalue weighted by Gasteiger charge is 2.68. The fourth-order valence-corrected chi connectivity index (χ4v) is 9.56. The van der Waals surface area contributed by atoms with Crippen LogP contribution in [0.2, 0.25) is 0 Å². The molecule has 1 aliphatic heterocycles. The summed E-state index contributed by atoms with van der Waals surface area (Å²) < 4.78 is 12.6. The lowest BCUT2D eigenvalue weighted by Gasteiger charge is -2.64. The topological polar surface area (TPSA) is 301 Å². The number of hydrogen-bond donors (Lipinski definition) is 10. The number of hydrogen-bond acceptors (Lipinski definition) is 14. The van der Waals surface area contributed by atoms with Crippen molar-refractivity contribution in [1.82, 2.24) is 31.6 Å². The minimum absolute atomic E-state index is 0.000813. The predicted molar refractivity (Wildman–Crippen MR) is 232 cm³/mol. The molecule has 2 aromatic rings. The highest BCUT2D eigenvalue weighted by atomic mass is 32.1. The van der Waals surface area contributed by atoms with Crippen LogP contribution in [0.3, 0.4) is 0 Å². The van der Waals surface area contributed by atoms with Gasteiger partial charge in [-0.1, -0.05) is 51.5 Å². The van der Waals surface area contributed by atoms with E-state index in [2.05, 4.69) is 52.3 Å². The second-order valence-electron chi connectivity index (χ2n) is 17.4. The maximum absolute atomic E-state index is 13.6. The second-order valence-corrected chi connectivity index (χ2v) is 18.2. The van der Waals surface area contributed by atoms with E-state index in [4.69, 9.17) is 32.2 Å². The van der Waals surface area contributed by atoms with Gasteiger partial charge in [0.05, 0.1) is 17.8 Å². The Balaban J connectivity index is 1.15. The molecule has 3 saturated carbocycles. The van der Waals surface area contributed by atoms with E-state index in [0.29, 0.717) is 36.2 Å². The number of aliphatic hydroxyl groups is 1. The average molecular weight is 869 g/mol. The zero-order valence-corrected chi connectivity index (χ0v) is 36.7. The van der Waals surface area contributed by atoms with Crippen LogP contribution in [-0.2, 0) is 34.9 Å². The molecule has 5 amide bonds. The fourth-order valence-electron chi connectivity index (χ4n) is 8.75. The first-order valence-corrected chi connectivity index (χ1v) is 22.3. The third-order valence-electron chi connectivity index (χ3n) is 12.6. The SMILES string of the molecule is CCCCc1ccc(-c2nc(C(=O)N[C@@H](CCN)C(=O)N[C@H](C(=O)N[C@@H](N)C(=O)N[C@@H](CCCCN)C(=O)N[C@@H](N)B3O[C@@H]4C[C@@H]5C[C@@H](C5(C)C)[C@]4(C)O3)[C@@H](C)O)cs2)cc1. The van der Waals surface area contributed by atoms with Gasteiger partial charge in [0, 0.05) is 10.9 Å². The number of unbranched alkanes of at least 4 members (excludes halogenated alkanes) is 2. The summed E-state index contributed by atoms with van der Waals surface area (Å²) in [7, 11) is -0.898. The molecule has 6 rings (SSSR count). The monoisotopic (exact) mass is 868 g/mol. The number of nitrogens with two attached hydrogens (primary N) is 4. The molecule has 336 valence electrons. The summed E-state index contributed by atoms with van der Waals surface area (Å²) in [6, 6.07) is 3.03. The quantitative estimate of drug-likeness (QED) is 0.0429. The van der Waals surface area contributed by atoms with Gasteiger partial charge in [-0.15, -0.1) is 11.3 Å². The molecule has 20 heteroatoms. The van der Waals surface area contributed by atoms with Gasteiger partial charge >= 0.3 is 7.12 Å². The third kappa shape index (κ3) is 11.3. The Hall–Kier alpha value is -4.02. The molecule has 18 nitrogen and oxygen atoms in total. The number of carbonyl (C=O) groups is 5. The Morgan fingerprint density at radius 2 is 1.57 bits per heavy atom. The van der Waals surface area contributed by atoms with Gasteiger partial charge in [-0.3, -0.25) is 24.0 Å². The van der Waals surface area contributed by atoms with E-state index in [1.807, 2.05) is 31.2 Å². The van der Waals surface area contributed by atoms with Crippen LogP contribution in [0.1, 0.15) is 102 Å². The summed E-state index contributed by atoms with van der Waals surface area (Å²) in [5, 5.41) is 25.4. The average Bonchev–Trinajstić information content (AvgIpc) is 3.86. The summed E-state index contributed by atoms with van der Waals surface area (Å²) in [5.74, 6) is -3.15. The molecule has 0 unspecified atom stereocenters. The van der Waals surface area contributed by atoms with Crippen LogP contribution in [-0.4, -0.2) is 108 Å². The van der Waals surface area contributed by atoms with Crippen molar-refractivity contribution < 1.29 is 38.4 Å². The zero-order valence-electron chi connectivity index (χ0n) is 35.9. The lowest BCUT2D eigenvalue weighted by atomic mass is 9.43. The number of aromatic nitrogens is 1. The van der Waals surface area contributed by atoms with Crippen molar-refractivity contribution in [1.29, 1.82) is 0 Å². The molecule has 61 heavy (non-hydrogen) atoms. The number of rotatable bonds is 22. The molecule has 14 N–H and O–H groups in total. The van der Waals surface area contributed by atoms with E-state index in [0.717, 1.165) is 37.7 Å². The van der Waals surface area contributed by atoms with Gasteiger partial charge in [0.2, 0.25) is 17.7 Å². The predicted octanol–water partition coefficient (Wildman–Crippen LogP) is 0.149. The molecule has 1 saturated heterocycles. The highest BCUT2D eigenvalue weighted by molar-refractivity contribution is 7.13.